The van der Waals surface area contributed by atoms with Gasteiger partial charge < -0.3 is 57.1 Å². The van der Waals surface area contributed by atoms with Crippen LogP contribution >= 0.6 is 0 Å². The number of aliphatic hydroxyl groups is 2. The Morgan fingerprint density at radius 1 is 0.585 bits per heavy atom. The fourth-order valence-electron chi connectivity index (χ4n) is 9.76. The Hall–Kier alpha value is -5.80. The number of fused-ring (bicyclic) bond motifs is 2. The molecule has 4 atom stereocenters. The molecule has 14 nitrogen and oxygen atoms in total. The van der Waals surface area contributed by atoms with E-state index < -0.39 is 11.9 Å². The van der Waals surface area contributed by atoms with Crippen molar-refractivity contribution in [3.63, 3.8) is 0 Å². The van der Waals surface area contributed by atoms with Crippen molar-refractivity contribution in [1.82, 2.24) is 0 Å². The van der Waals surface area contributed by atoms with E-state index in [-0.39, 0.29) is 38.5 Å². The Bertz CT molecular complexity index is 2330. The van der Waals surface area contributed by atoms with Crippen LogP contribution < -0.4 is 28.4 Å². The smallest absolute Gasteiger partial charge is 0.331 e. The van der Waals surface area contributed by atoms with Crippen LogP contribution in [-0.4, -0.2) is 127 Å². The van der Waals surface area contributed by atoms with Crippen molar-refractivity contribution in [2.75, 3.05) is 96.1 Å². The third-order valence-corrected chi connectivity index (χ3v) is 13.3. The standard InChI is InChI=1S/C51H66N2O12/c1-52(21-17-36-29-47(62-7)48(63-8)31-40(36)42(52)25-34-11-13-43(58-3)45(26-34)60-5)19-9-23-64-49(56)15-16-50(57)65-24-10-20-53(2)22-18-35-27-38(32-54)39(33-55)28-41(35)51(53)37-12-14-44(59-4)46(30-37)61-6/h11-16,26-31,42,51,54-55H,9-10,17-25,32-33H2,1-8H3/q+2. The van der Waals surface area contributed by atoms with E-state index in [0.717, 1.165) is 78.9 Å². The van der Waals surface area contributed by atoms with Gasteiger partial charge in [0.25, 0.3) is 0 Å². The van der Waals surface area contributed by atoms with Crippen molar-refractivity contribution < 1.29 is 66.7 Å². The van der Waals surface area contributed by atoms with Crippen molar-refractivity contribution in [1.29, 1.82) is 0 Å². The molecule has 0 aliphatic carbocycles. The molecule has 6 rings (SSSR count). The molecule has 2 aliphatic heterocycles. The molecule has 4 unspecified atom stereocenters. The summed E-state index contributed by atoms with van der Waals surface area (Å²) in [7, 11) is 14.2. The predicted octanol–water partition coefficient (Wildman–Crippen LogP) is 6.22. The molecule has 350 valence electrons. The number of quaternary nitrogens is 2. The number of nitrogens with zero attached hydrogens (tertiary/aromatic N) is 2. The maximum Gasteiger partial charge on any atom is 0.331 e. The number of benzene rings is 4. The minimum absolute atomic E-state index is 0.0633. The van der Waals surface area contributed by atoms with Gasteiger partial charge in [-0.1, -0.05) is 12.1 Å². The molecule has 0 saturated heterocycles. The average Bonchev–Trinajstić information content (AvgIpc) is 3.33. The normalized spacial score (nSPS) is 20.0. The maximum atomic E-state index is 12.8. The van der Waals surface area contributed by atoms with Crippen molar-refractivity contribution in [3.8, 4) is 34.5 Å². The summed E-state index contributed by atoms with van der Waals surface area (Å²) in [6, 6.07) is 20.0. The zero-order valence-electron chi connectivity index (χ0n) is 39.1. The average molecular weight is 899 g/mol. The van der Waals surface area contributed by atoms with Crippen molar-refractivity contribution in [2.45, 2.75) is 57.4 Å². The van der Waals surface area contributed by atoms with Crippen LogP contribution in [0, 0.1) is 0 Å². The summed E-state index contributed by atoms with van der Waals surface area (Å²) in [5.41, 5.74) is 8.12. The Morgan fingerprint density at radius 2 is 1.08 bits per heavy atom. The molecule has 14 heteroatoms. The molecule has 2 N–H and O–H groups in total. The number of hydrogen-bond donors (Lipinski definition) is 2. The molecular weight excluding hydrogens is 833 g/mol. The lowest BCUT2D eigenvalue weighted by Gasteiger charge is -2.46. The highest BCUT2D eigenvalue weighted by atomic mass is 16.5. The minimum atomic E-state index is -0.621. The summed E-state index contributed by atoms with van der Waals surface area (Å²) in [4.78, 5) is 25.6. The molecule has 0 spiro atoms. The summed E-state index contributed by atoms with van der Waals surface area (Å²) in [6.45, 7) is 3.09. The Labute approximate surface area is 383 Å². The third-order valence-electron chi connectivity index (χ3n) is 13.3. The number of rotatable bonds is 21. The van der Waals surface area contributed by atoms with Crippen LogP contribution in [0.3, 0.4) is 0 Å². The van der Waals surface area contributed by atoms with E-state index in [9.17, 15) is 19.8 Å². The molecule has 4 aromatic carbocycles. The molecule has 2 heterocycles. The van der Waals surface area contributed by atoms with Gasteiger partial charge in [-0.2, -0.15) is 0 Å². The van der Waals surface area contributed by atoms with Crippen molar-refractivity contribution >= 4 is 11.9 Å². The van der Waals surface area contributed by atoms with Gasteiger partial charge in [-0.25, -0.2) is 9.59 Å². The Morgan fingerprint density at radius 3 is 1.66 bits per heavy atom. The van der Waals surface area contributed by atoms with Gasteiger partial charge in [-0.3, -0.25) is 0 Å². The summed E-state index contributed by atoms with van der Waals surface area (Å²) >= 11 is 0. The van der Waals surface area contributed by atoms with Gasteiger partial charge in [-0.15, -0.1) is 0 Å². The highest BCUT2D eigenvalue weighted by molar-refractivity contribution is 5.91. The molecule has 65 heavy (non-hydrogen) atoms. The molecule has 0 amide bonds. The number of hydrogen-bond acceptors (Lipinski definition) is 12. The second-order valence-electron chi connectivity index (χ2n) is 17.2. The van der Waals surface area contributed by atoms with Crippen LogP contribution in [0.25, 0.3) is 0 Å². The molecule has 2 aliphatic rings. The van der Waals surface area contributed by atoms with E-state index in [1.165, 1.54) is 11.1 Å². The monoisotopic (exact) mass is 898 g/mol. The first-order chi connectivity index (χ1) is 31.4. The second-order valence-corrected chi connectivity index (χ2v) is 17.2. The van der Waals surface area contributed by atoms with Crippen LogP contribution in [0.15, 0.2) is 72.8 Å². The van der Waals surface area contributed by atoms with Crippen LogP contribution in [-0.2, 0) is 51.5 Å². The Balaban J connectivity index is 1.05. The van der Waals surface area contributed by atoms with E-state index in [1.54, 1.807) is 42.7 Å². The number of aliphatic hydroxyl groups excluding tert-OH is 2. The molecular formula is C51H66N2O12+2. The fraction of sp³-hybridized carbons (Fsp3) is 0.451. The quantitative estimate of drug-likeness (QED) is 0.0423. The molecule has 0 bridgehead atoms. The van der Waals surface area contributed by atoms with Gasteiger partial charge in [0.05, 0.1) is 109 Å². The van der Waals surface area contributed by atoms with Gasteiger partial charge in [0.15, 0.2) is 34.5 Å². The number of ether oxygens (including phenoxy) is 8. The van der Waals surface area contributed by atoms with Gasteiger partial charge in [0.2, 0.25) is 0 Å². The van der Waals surface area contributed by atoms with Gasteiger partial charge in [0, 0.05) is 60.9 Å². The lowest BCUT2D eigenvalue weighted by molar-refractivity contribution is -0.941. The van der Waals surface area contributed by atoms with Crippen LogP contribution in [0.1, 0.15) is 69.4 Å². The molecule has 0 fully saturated rings. The number of esters is 2. The molecule has 0 saturated carbocycles. The number of carbonyl (C=O) groups is 2. The van der Waals surface area contributed by atoms with Crippen LogP contribution in [0.5, 0.6) is 34.5 Å². The SMILES string of the molecule is COc1ccc(CC2c3cc(OC)c(OC)cc3CC[N+]2(C)CCCOC(=O)C=CC(=O)OCCC[N+]2(C)CCc3cc(CO)c(CO)cc3C2c2ccc(OC)c(OC)c2)cc1OC. The van der Waals surface area contributed by atoms with Crippen molar-refractivity contribution in [2.24, 2.45) is 0 Å². The lowest BCUT2D eigenvalue weighted by atomic mass is 9.83. The predicted molar refractivity (Wildman–Crippen MR) is 245 cm³/mol. The first kappa shape index (κ1) is 48.7. The highest BCUT2D eigenvalue weighted by Crippen LogP contribution is 2.45. The fourth-order valence-corrected chi connectivity index (χ4v) is 9.76. The highest BCUT2D eigenvalue weighted by Gasteiger charge is 2.42. The third kappa shape index (κ3) is 11.0. The summed E-state index contributed by atoms with van der Waals surface area (Å²) in [5, 5.41) is 20.2. The molecule has 0 aromatic heterocycles. The van der Waals surface area contributed by atoms with E-state index in [2.05, 4.69) is 32.3 Å². The van der Waals surface area contributed by atoms with Crippen molar-refractivity contribution in [3.05, 3.63) is 117 Å². The van der Waals surface area contributed by atoms with E-state index in [4.69, 9.17) is 37.9 Å². The van der Waals surface area contributed by atoms with Crippen LogP contribution in [0.4, 0.5) is 0 Å². The number of methoxy groups -OCH3 is 6. The molecule has 0 radical (unpaired) electrons. The number of carbonyl (C=O) groups excluding carboxylic acids is 2. The largest absolute Gasteiger partial charge is 0.493 e. The van der Waals surface area contributed by atoms with Crippen LogP contribution in [0.2, 0.25) is 0 Å². The second kappa shape index (κ2) is 21.9. The topological polar surface area (TPSA) is 148 Å². The zero-order chi connectivity index (χ0) is 46.7. The van der Waals surface area contributed by atoms with E-state index in [1.807, 2.05) is 42.5 Å². The summed E-state index contributed by atoms with van der Waals surface area (Å²) in [5.74, 6) is 2.72. The molecule has 4 aromatic rings. The first-order valence-corrected chi connectivity index (χ1v) is 22.1. The maximum absolute atomic E-state index is 12.8. The zero-order valence-corrected chi connectivity index (χ0v) is 39.1. The number of likely N-dealkylation sites (N-methyl/N-ethyl adjacent to an activating group) is 2. The first-order valence-electron chi connectivity index (χ1n) is 22.1. The van der Waals surface area contributed by atoms with E-state index in [0.29, 0.717) is 68.4 Å². The van der Waals surface area contributed by atoms with Gasteiger partial charge in [0.1, 0.15) is 12.1 Å². The Kier molecular flexibility index (Phi) is 16.4. The minimum Gasteiger partial charge on any atom is -0.493 e. The van der Waals surface area contributed by atoms with Gasteiger partial charge in [-0.05, 0) is 76.3 Å². The summed E-state index contributed by atoms with van der Waals surface area (Å²) in [6.07, 6.45) is 5.77. The lowest BCUT2D eigenvalue weighted by Crippen LogP contribution is -2.52. The van der Waals surface area contributed by atoms with E-state index >= 15 is 0 Å². The van der Waals surface area contributed by atoms with Gasteiger partial charge >= 0.3 is 11.9 Å². The summed E-state index contributed by atoms with van der Waals surface area (Å²) < 4.78 is 46.1.